The number of nitrogen functional groups attached to an aromatic ring is 1. The van der Waals surface area contributed by atoms with Crippen molar-refractivity contribution in [3.8, 4) is 18.2 Å². The lowest BCUT2D eigenvalue weighted by Crippen LogP contribution is -2.10. The Labute approximate surface area is 127 Å². The molecule has 0 atom stereocenters. The Morgan fingerprint density at radius 1 is 1.18 bits per heavy atom. The zero-order valence-electron chi connectivity index (χ0n) is 11.5. The topological polar surface area (TPSA) is 135 Å². The van der Waals surface area contributed by atoms with Crippen molar-refractivity contribution in [1.29, 1.82) is 15.8 Å². The van der Waals surface area contributed by atoms with Crippen LogP contribution < -0.4 is 11.1 Å². The first-order chi connectivity index (χ1) is 10.7. The van der Waals surface area contributed by atoms with Gasteiger partial charge in [0.05, 0.1) is 18.1 Å². The maximum absolute atomic E-state index is 9.33. The van der Waals surface area contributed by atoms with E-state index < -0.39 is 0 Å². The van der Waals surface area contributed by atoms with E-state index in [4.69, 9.17) is 16.3 Å². The molecular weight excluding hydrogens is 278 g/mol. The van der Waals surface area contributed by atoms with Crippen LogP contribution in [-0.2, 0) is 13.0 Å². The minimum Gasteiger partial charge on any atom is -0.383 e. The maximum Gasteiger partial charge on any atom is 0.147 e. The predicted molar refractivity (Wildman–Crippen MR) is 79.0 cm³/mol. The first kappa shape index (κ1) is 14.8. The van der Waals surface area contributed by atoms with Crippen LogP contribution in [0.3, 0.4) is 0 Å². The van der Waals surface area contributed by atoms with E-state index in [0.29, 0.717) is 12.1 Å². The van der Waals surface area contributed by atoms with Crippen molar-refractivity contribution in [3.63, 3.8) is 0 Å². The SMILES string of the molecule is N#CCc1c(C#N)c(N)nc(NCc2cccnc2)c1C#N. The van der Waals surface area contributed by atoms with Crippen molar-refractivity contribution in [1.82, 2.24) is 9.97 Å². The molecule has 0 bridgehead atoms. The number of nitrogens with two attached hydrogens (primary N) is 1. The van der Waals surface area contributed by atoms with E-state index in [9.17, 15) is 5.26 Å². The monoisotopic (exact) mass is 289 g/mol. The van der Waals surface area contributed by atoms with E-state index in [1.807, 2.05) is 24.3 Å². The Morgan fingerprint density at radius 2 is 1.95 bits per heavy atom. The minimum absolute atomic E-state index is 0.000404. The minimum atomic E-state index is -0.0833. The van der Waals surface area contributed by atoms with Crippen molar-refractivity contribution in [2.75, 3.05) is 11.1 Å². The van der Waals surface area contributed by atoms with Crippen molar-refractivity contribution in [3.05, 3.63) is 46.8 Å². The molecule has 106 valence electrons. The van der Waals surface area contributed by atoms with E-state index in [2.05, 4.69) is 15.3 Å². The fourth-order valence-corrected chi connectivity index (χ4v) is 1.97. The molecule has 0 amide bonds. The van der Waals surface area contributed by atoms with E-state index >= 15 is 0 Å². The molecule has 0 aromatic carbocycles. The molecule has 0 unspecified atom stereocenters. The summed E-state index contributed by atoms with van der Waals surface area (Å²) in [4.78, 5) is 8.06. The van der Waals surface area contributed by atoms with Gasteiger partial charge >= 0.3 is 0 Å². The lowest BCUT2D eigenvalue weighted by atomic mass is 10.0. The number of pyridine rings is 2. The molecule has 2 rings (SSSR count). The Balaban J connectivity index is 2.42. The van der Waals surface area contributed by atoms with Crippen LogP contribution in [0.2, 0.25) is 0 Å². The number of nitrogens with zero attached hydrogens (tertiary/aromatic N) is 5. The standard InChI is InChI=1S/C15H11N7/c16-4-3-11-12(6-17)14(19)22-15(13(11)7-18)21-9-10-2-1-5-20-8-10/h1-2,5,8H,3,9H2,(H3,19,21,22). The molecule has 0 fully saturated rings. The van der Waals surface area contributed by atoms with Crippen LogP contribution in [0.15, 0.2) is 24.5 Å². The molecule has 0 radical (unpaired) electrons. The highest BCUT2D eigenvalue weighted by Gasteiger charge is 2.18. The summed E-state index contributed by atoms with van der Waals surface area (Å²) >= 11 is 0. The van der Waals surface area contributed by atoms with Gasteiger partial charge in [0.25, 0.3) is 0 Å². The van der Waals surface area contributed by atoms with Gasteiger partial charge < -0.3 is 11.1 Å². The highest BCUT2D eigenvalue weighted by Crippen LogP contribution is 2.25. The first-order valence-corrected chi connectivity index (χ1v) is 6.33. The zero-order chi connectivity index (χ0) is 15.9. The third kappa shape index (κ3) is 2.92. The molecular formula is C15H11N7. The number of anilines is 2. The molecule has 2 aromatic heterocycles. The van der Waals surface area contributed by atoms with Crippen LogP contribution in [-0.4, -0.2) is 9.97 Å². The molecule has 22 heavy (non-hydrogen) atoms. The molecule has 2 aromatic rings. The summed E-state index contributed by atoms with van der Waals surface area (Å²) in [5.41, 5.74) is 7.19. The van der Waals surface area contributed by atoms with Gasteiger partial charge in [-0.1, -0.05) is 6.07 Å². The highest BCUT2D eigenvalue weighted by atomic mass is 15.0. The summed E-state index contributed by atoms with van der Waals surface area (Å²) in [5, 5.41) is 30.3. The quantitative estimate of drug-likeness (QED) is 0.869. The van der Waals surface area contributed by atoms with Gasteiger partial charge in [0.15, 0.2) is 0 Å². The second-order valence-corrected chi connectivity index (χ2v) is 4.35. The number of nitrogens with one attached hydrogen (secondary N) is 1. The van der Waals surface area contributed by atoms with E-state index in [0.717, 1.165) is 5.56 Å². The third-order valence-corrected chi connectivity index (χ3v) is 2.99. The average Bonchev–Trinajstić information content (AvgIpc) is 2.54. The zero-order valence-corrected chi connectivity index (χ0v) is 11.5. The van der Waals surface area contributed by atoms with Crippen LogP contribution in [0.25, 0.3) is 0 Å². The van der Waals surface area contributed by atoms with Gasteiger partial charge in [-0.2, -0.15) is 15.8 Å². The molecule has 0 spiro atoms. The van der Waals surface area contributed by atoms with Crippen LogP contribution in [0, 0.1) is 34.0 Å². The first-order valence-electron chi connectivity index (χ1n) is 6.33. The summed E-state index contributed by atoms with van der Waals surface area (Å²) in [7, 11) is 0. The fourth-order valence-electron chi connectivity index (χ4n) is 1.97. The summed E-state index contributed by atoms with van der Waals surface area (Å²) < 4.78 is 0. The number of rotatable bonds is 4. The van der Waals surface area contributed by atoms with Crippen LogP contribution in [0.4, 0.5) is 11.6 Å². The molecule has 3 N–H and O–H groups in total. The highest BCUT2D eigenvalue weighted by molar-refractivity contribution is 5.68. The molecule has 7 nitrogen and oxygen atoms in total. The molecule has 0 saturated heterocycles. The van der Waals surface area contributed by atoms with Crippen LogP contribution in [0.1, 0.15) is 22.3 Å². The number of aromatic nitrogens is 2. The van der Waals surface area contributed by atoms with Gasteiger partial charge in [-0.25, -0.2) is 4.98 Å². The van der Waals surface area contributed by atoms with E-state index in [1.54, 1.807) is 18.5 Å². The van der Waals surface area contributed by atoms with Gasteiger partial charge in [0, 0.05) is 24.5 Å². The van der Waals surface area contributed by atoms with E-state index in [1.165, 1.54) is 0 Å². The Bertz CT molecular complexity index is 807. The average molecular weight is 289 g/mol. The summed E-state index contributed by atoms with van der Waals surface area (Å²) in [5.74, 6) is 0.258. The van der Waals surface area contributed by atoms with Gasteiger partial charge in [0.2, 0.25) is 0 Å². The summed E-state index contributed by atoms with van der Waals surface area (Å²) in [6, 6.07) is 9.49. The van der Waals surface area contributed by atoms with Crippen molar-refractivity contribution >= 4 is 11.6 Å². The summed E-state index contributed by atoms with van der Waals surface area (Å²) in [6.45, 7) is 0.396. The molecule has 0 aliphatic heterocycles. The van der Waals surface area contributed by atoms with Crippen LogP contribution >= 0.6 is 0 Å². The molecule has 0 aliphatic rings. The van der Waals surface area contributed by atoms with Crippen molar-refractivity contribution < 1.29 is 0 Å². The molecule has 0 aliphatic carbocycles. The van der Waals surface area contributed by atoms with Gasteiger partial charge in [-0.15, -0.1) is 0 Å². The molecule has 2 heterocycles. The van der Waals surface area contributed by atoms with Gasteiger partial charge in [-0.3, -0.25) is 4.98 Å². The van der Waals surface area contributed by atoms with Gasteiger partial charge in [0.1, 0.15) is 29.3 Å². The fraction of sp³-hybridized carbons (Fsp3) is 0.133. The second kappa shape index (κ2) is 6.69. The lowest BCUT2D eigenvalue weighted by Gasteiger charge is -2.12. The predicted octanol–water partition coefficient (Wildman–Crippen LogP) is 1.48. The smallest absolute Gasteiger partial charge is 0.147 e. The third-order valence-electron chi connectivity index (χ3n) is 2.99. The Morgan fingerprint density at radius 3 is 2.55 bits per heavy atom. The number of hydrogen-bond donors (Lipinski definition) is 2. The largest absolute Gasteiger partial charge is 0.383 e. The normalized spacial score (nSPS) is 9.32. The number of nitriles is 3. The Hall–Kier alpha value is -3.63. The lowest BCUT2D eigenvalue weighted by molar-refractivity contribution is 1.07. The number of hydrogen-bond acceptors (Lipinski definition) is 7. The molecule has 0 saturated carbocycles. The second-order valence-electron chi connectivity index (χ2n) is 4.35. The molecule has 7 heteroatoms. The Kier molecular flexibility index (Phi) is 4.49. The maximum atomic E-state index is 9.33. The van der Waals surface area contributed by atoms with Gasteiger partial charge in [-0.05, 0) is 11.6 Å². The van der Waals surface area contributed by atoms with Crippen molar-refractivity contribution in [2.24, 2.45) is 0 Å². The van der Waals surface area contributed by atoms with Crippen LogP contribution in [0.5, 0.6) is 0 Å². The summed E-state index contributed by atoms with van der Waals surface area (Å²) in [6.07, 6.45) is 3.26. The van der Waals surface area contributed by atoms with Crippen molar-refractivity contribution in [2.45, 2.75) is 13.0 Å². The van der Waals surface area contributed by atoms with E-state index in [-0.39, 0.29) is 29.2 Å².